The summed E-state index contributed by atoms with van der Waals surface area (Å²) in [5.41, 5.74) is 0.133. The van der Waals surface area contributed by atoms with Crippen molar-refractivity contribution in [2.45, 2.75) is 19.7 Å². The molecule has 29 heavy (non-hydrogen) atoms. The molecular weight excluding hydrogens is 403 g/mol. The molecule has 0 fully saturated rings. The molecule has 150 valence electrons. The second-order valence-electron chi connectivity index (χ2n) is 5.97. The molecule has 0 aliphatic rings. The van der Waals surface area contributed by atoms with Crippen LogP contribution in [0.4, 0.5) is 13.2 Å². The van der Waals surface area contributed by atoms with E-state index in [9.17, 15) is 13.2 Å². The number of allylic oxidation sites excluding steroid dienone is 5. The van der Waals surface area contributed by atoms with Gasteiger partial charge in [0.25, 0.3) is 0 Å². The van der Waals surface area contributed by atoms with Crippen LogP contribution < -0.4 is 4.74 Å². The average Bonchev–Trinajstić information content (AvgIpc) is 3.14. The maximum Gasteiger partial charge on any atom is 0.435 e. The van der Waals surface area contributed by atoms with Crippen molar-refractivity contribution < 1.29 is 17.9 Å². The zero-order valence-electron chi connectivity index (χ0n) is 15.4. The van der Waals surface area contributed by atoms with E-state index < -0.39 is 11.9 Å². The Morgan fingerprint density at radius 3 is 2.76 bits per heavy atom. The first kappa shape index (κ1) is 20.7. The van der Waals surface area contributed by atoms with Crippen molar-refractivity contribution in [3.05, 3.63) is 83.8 Å². The predicted molar refractivity (Wildman–Crippen MR) is 107 cm³/mol. The SMILES string of the molecule is C=C/C=C(\C(Cl)=C/C)n1nc(C(F)(F)F)cc1COc1cccc2ncccc12. The van der Waals surface area contributed by atoms with E-state index in [4.69, 9.17) is 16.3 Å². The Balaban J connectivity index is 2.02. The number of alkyl halides is 3. The highest BCUT2D eigenvalue weighted by atomic mass is 35.5. The van der Waals surface area contributed by atoms with Gasteiger partial charge in [-0.25, -0.2) is 4.68 Å². The number of hydrogen-bond acceptors (Lipinski definition) is 3. The van der Waals surface area contributed by atoms with Gasteiger partial charge in [-0.3, -0.25) is 4.98 Å². The lowest BCUT2D eigenvalue weighted by Gasteiger charge is -2.13. The van der Waals surface area contributed by atoms with Crippen LogP contribution in [0.3, 0.4) is 0 Å². The fraction of sp³-hybridized carbons (Fsp3) is 0.143. The number of pyridine rings is 1. The van der Waals surface area contributed by atoms with Crippen LogP contribution in [0.25, 0.3) is 16.6 Å². The summed E-state index contributed by atoms with van der Waals surface area (Å²) in [6, 6.07) is 9.86. The molecule has 1 aromatic carbocycles. The van der Waals surface area contributed by atoms with Gasteiger partial charge < -0.3 is 4.74 Å². The molecule has 0 unspecified atom stereocenters. The van der Waals surface area contributed by atoms with E-state index in [0.717, 1.165) is 21.7 Å². The van der Waals surface area contributed by atoms with Gasteiger partial charge in [0.2, 0.25) is 0 Å². The highest BCUT2D eigenvalue weighted by Crippen LogP contribution is 2.32. The molecule has 0 radical (unpaired) electrons. The Morgan fingerprint density at radius 2 is 2.07 bits per heavy atom. The van der Waals surface area contributed by atoms with E-state index >= 15 is 0 Å². The smallest absolute Gasteiger partial charge is 0.435 e. The summed E-state index contributed by atoms with van der Waals surface area (Å²) < 4.78 is 46.8. The molecule has 3 rings (SSSR count). The Morgan fingerprint density at radius 1 is 1.28 bits per heavy atom. The van der Waals surface area contributed by atoms with Crippen molar-refractivity contribution in [3.63, 3.8) is 0 Å². The van der Waals surface area contributed by atoms with E-state index in [1.165, 1.54) is 12.2 Å². The predicted octanol–water partition coefficient (Wildman–Crippen LogP) is 6.20. The number of hydrogen-bond donors (Lipinski definition) is 0. The molecule has 0 N–H and O–H groups in total. The van der Waals surface area contributed by atoms with Gasteiger partial charge >= 0.3 is 6.18 Å². The van der Waals surface area contributed by atoms with Crippen molar-refractivity contribution in [2.75, 3.05) is 0 Å². The highest BCUT2D eigenvalue weighted by Gasteiger charge is 2.35. The maximum atomic E-state index is 13.3. The molecule has 0 bridgehead atoms. The molecule has 0 atom stereocenters. The summed E-state index contributed by atoms with van der Waals surface area (Å²) in [5.74, 6) is 0.503. The highest BCUT2D eigenvalue weighted by molar-refractivity contribution is 6.35. The van der Waals surface area contributed by atoms with E-state index in [-0.39, 0.29) is 23.0 Å². The number of rotatable bonds is 6. The minimum Gasteiger partial charge on any atom is -0.487 e. The monoisotopic (exact) mass is 419 g/mol. The quantitative estimate of drug-likeness (QED) is 0.447. The van der Waals surface area contributed by atoms with Gasteiger partial charge in [-0.15, -0.1) is 0 Å². The Kier molecular flexibility index (Phi) is 6.08. The molecule has 3 aromatic rings. The molecule has 0 spiro atoms. The van der Waals surface area contributed by atoms with Crippen molar-refractivity contribution >= 4 is 28.2 Å². The van der Waals surface area contributed by atoms with E-state index in [1.54, 1.807) is 37.4 Å². The van der Waals surface area contributed by atoms with Crippen molar-refractivity contribution in [1.29, 1.82) is 0 Å². The van der Waals surface area contributed by atoms with E-state index in [0.29, 0.717) is 5.75 Å². The summed E-state index contributed by atoms with van der Waals surface area (Å²) >= 11 is 6.19. The topological polar surface area (TPSA) is 39.9 Å². The lowest BCUT2D eigenvalue weighted by atomic mass is 10.2. The fourth-order valence-electron chi connectivity index (χ4n) is 2.73. The number of nitrogens with zero attached hydrogens (tertiary/aromatic N) is 3. The van der Waals surface area contributed by atoms with Crippen molar-refractivity contribution in [1.82, 2.24) is 14.8 Å². The second kappa shape index (κ2) is 8.53. The third kappa shape index (κ3) is 4.51. The first-order valence-corrected chi connectivity index (χ1v) is 9.01. The zero-order chi connectivity index (χ0) is 21.0. The Hall–Kier alpha value is -3.06. The van der Waals surface area contributed by atoms with Gasteiger partial charge in [-0.2, -0.15) is 18.3 Å². The van der Waals surface area contributed by atoms with Crippen LogP contribution in [-0.4, -0.2) is 14.8 Å². The zero-order valence-corrected chi connectivity index (χ0v) is 16.2. The normalized spacial score (nSPS) is 13.0. The van der Waals surface area contributed by atoms with Gasteiger partial charge in [-0.1, -0.05) is 36.4 Å². The molecule has 0 aliphatic carbocycles. The van der Waals surface area contributed by atoms with E-state index in [2.05, 4.69) is 16.7 Å². The molecule has 4 nitrogen and oxygen atoms in total. The number of benzene rings is 1. The van der Waals surface area contributed by atoms with Gasteiger partial charge in [0.15, 0.2) is 5.69 Å². The molecule has 0 aliphatic heterocycles. The lowest BCUT2D eigenvalue weighted by molar-refractivity contribution is -0.141. The molecule has 2 aromatic heterocycles. The number of ether oxygens (including phenoxy) is 1. The van der Waals surface area contributed by atoms with Crippen LogP contribution in [0, 0.1) is 0 Å². The Bertz CT molecular complexity index is 1090. The summed E-state index contributed by atoms with van der Waals surface area (Å²) in [4.78, 5) is 4.25. The first-order valence-electron chi connectivity index (χ1n) is 8.63. The maximum absolute atomic E-state index is 13.3. The van der Waals surface area contributed by atoms with Crippen LogP contribution in [-0.2, 0) is 12.8 Å². The minimum absolute atomic E-state index is 0.153. The van der Waals surface area contributed by atoms with Gasteiger partial charge in [-0.05, 0) is 43.3 Å². The summed E-state index contributed by atoms with van der Waals surface area (Å²) in [6.07, 6.45) is 1.53. The van der Waals surface area contributed by atoms with Crippen LogP contribution in [0.15, 0.2) is 72.4 Å². The summed E-state index contributed by atoms with van der Waals surface area (Å²) in [7, 11) is 0. The number of fused-ring (bicyclic) bond motifs is 1. The molecule has 0 amide bonds. The first-order chi connectivity index (χ1) is 13.8. The third-order valence-corrected chi connectivity index (χ3v) is 4.47. The molecule has 2 heterocycles. The summed E-state index contributed by atoms with van der Waals surface area (Å²) in [6.45, 7) is 5.11. The van der Waals surface area contributed by atoms with Crippen LogP contribution in [0.5, 0.6) is 5.75 Å². The van der Waals surface area contributed by atoms with Gasteiger partial charge in [0, 0.05) is 11.6 Å². The fourth-order valence-corrected chi connectivity index (χ4v) is 2.88. The van der Waals surface area contributed by atoms with Crippen molar-refractivity contribution in [3.8, 4) is 5.75 Å². The van der Waals surface area contributed by atoms with Crippen LogP contribution in [0.2, 0.25) is 0 Å². The molecular formula is C21H17ClF3N3O. The van der Waals surface area contributed by atoms with Gasteiger partial charge in [0.1, 0.15) is 12.4 Å². The standard InChI is InChI=1S/C21H17ClF3N3O/c1-3-7-18(16(22)4-2)28-14(12-20(27-28)21(23,24)25)13-29-19-10-5-9-17-15(19)8-6-11-26-17/h3-12H,1,13H2,2H3/b16-4+,18-7+. The number of halogens is 4. The molecule has 8 heteroatoms. The third-order valence-electron chi connectivity index (χ3n) is 4.06. The van der Waals surface area contributed by atoms with Crippen LogP contribution >= 0.6 is 11.6 Å². The average molecular weight is 420 g/mol. The largest absolute Gasteiger partial charge is 0.487 e. The van der Waals surface area contributed by atoms with Crippen LogP contribution in [0.1, 0.15) is 18.3 Å². The van der Waals surface area contributed by atoms with E-state index in [1.807, 2.05) is 12.1 Å². The molecule has 0 saturated carbocycles. The second-order valence-corrected chi connectivity index (χ2v) is 6.38. The van der Waals surface area contributed by atoms with Crippen molar-refractivity contribution in [2.24, 2.45) is 0 Å². The molecule has 0 saturated heterocycles. The minimum atomic E-state index is -4.61. The Labute approximate surface area is 170 Å². The summed E-state index contributed by atoms with van der Waals surface area (Å²) in [5, 5.41) is 4.69. The lowest BCUT2D eigenvalue weighted by Crippen LogP contribution is -2.10. The van der Waals surface area contributed by atoms with Gasteiger partial charge in [0.05, 0.1) is 21.9 Å². The number of aromatic nitrogens is 3.